The summed E-state index contributed by atoms with van der Waals surface area (Å²) in [5.41, 5.74) is 7.98. The Morgan fingerprint density at radius 3 is 1.60 bits per heavy atom. The maximum absolute atomic E-state index is 9.62. The molecular weight excluding hydrogens is 571 g/mol. The van der Waals surface area contributed by atoms with Crippen LogP contribution in [0.25, 0.3) is 75.2 Å². The molecule has 3 heterocycles. The van der Waals surface area contributed by atoms with E-state index in [1.165, 1.54) is 20.2 Å². The molecule has 9 rings (SSSR count). The van der Waals surface area contributed by atoms with Crippen LogP contribution in [0.4, 0.5) is 0 Å². The van der Waals surface area contributed by atoms with E-state index in [9.17, 15) is 15.8 Å². The number of aromatic nitrogens is 2. The molecule has 0 atom stereocenters. The number of fused-ring (bicyclic) bond motifs is 9. The monoisotopic (exact) mass is 589 g/mol. The third kappa shape index (κ3) is 3.57. The van der Waals surface area contributed by atoms with Gasteiger partial charge in [-0.2, -0.15) is 15.8 Å². The van der Waals surface area contributed by atoms with Gasteiger partial charge in [0.15, 0.2) is 0 Å². The molecular formula is C39H19N5S. The first-order valence-corrected chi connectivity index (χ1v) is 15.3. The molecule has 0 N–H and O–H groups in total. The molecule has 0 radical (unpaired) electrons. The van der Waals surface area contributed by atoms with Crippen molar-refractivity contribution < 1.29 is 0 Å². The van der Waals surface area contributed by atoms with Crippen molar-refractivity contribution in [2.75, 3.05) is 0 Å². The normalized spacial score (nSPS) is 11.5. The van der Waals surface area contributed by atoms with Crippen molar-refractivity contribution in [1.29, 1.82) is 15.8 Å². The third-order valence-corrected chi connectivity index (χ3v) is 9.90. The van der Waals surface area contributed by atoms with Crippen LogP contribution in [0.5, 0.6) is 0 Å². The van der Waals surface area contributed by atoms with Gasteiger partial charge in [0.2, 0.25) is 0 Å². The highest BCUT2D eigenvalue weighted by Crippen LogP contribution is 2.41. The Hall–Kier alpha value is -6.39. The Kier molecular flexibility index (Phi) is 5.20. The van der Waals surface area contributed by atoms with Gasteiger partial charge in [0.1, 0.15) is 0 Å². The zero-order chi connectivity index (χ0) is 30.2. The molecule has 9 aromatic rings. The minimum Gasteiger partial charge on any atom is -0.309 e. The van der Waals surface area contributed by atoms with Crippen molar-refractivity contribution in [2.45, 2.75) is 0 Å². The summed E-state index contributed by atoms with van der Waals surface area (Å²) in [5, 5.41) is 35.3. The van der Waals surface area contributed by atoms with Crippen LogP contribution in [0.1, 0.15) is 16.7 Å². The number of benzene rings is 6. The van der Waals surface area contributed by atoms with Crippen molar-refractivity contribution in [3.8, 4) is 29.6 Å². The van der Waals surface area contributed by atoms with Gasteiger partial charge in [-0.1, -0.05) is 24.3 Å². The van der Waals surface area contributed by atoms with Gasteiger partial charge in [0.25, 0.3) is 0 Å². The molecule has 206 valence electrons. The van der Waals surface area contributed by atoms with Crippen LogP contribution in [-0.2, 0) is 0 Å². The molecule has 6 aromatic carbocycles. The molecule has 0 saturated heterocycles. The topological polar surface area (TPSA) is 81.2 Å². The Balaban J connectivity index is 1.34. The molecule has 0 aliphatic rings. The second-order valence-electron chi connectivity index (χ2n) is 11.2. The zero-order valence-electron chi connectivity index (χ0n) is 23.6. The van der Waals surface area contributed by atoms with Crippen molar-refractivity contribution in [1.82, 2.24) is 9.13 Å². The first-order valence-electron chi connectivity index (χ1n) is 14.4. The summed E-state index contributed by atoms with van der Waals surface area (Å²) in [5.74, 6) is 0. The van der Waals surface area contributed by atoms with Crippen molar-refractivity contribution in [2.24, 2.45) is 0 Å². The lowest BCUT2D eigenvalue weighted by Gasteiger charge is -2.13. The average Bonchev–Trinajstić information content (AvgIpc) is 3.73. The van der Waals surface area contributed by atoms with E-state index < -0.39 is 0 Å². The second kappa shape index (κ2) is 9.30. The minimum absolute atomic E-state index is 0.581. The molecule has 0 amide bonds. The SMILES string of the molecule is N#Cc1ccc2sc3cc4c5ccccc5n(-c5cccc(-n6c7ccc(C#N)cc7c7cc(C#N)ccc76)c5)c4cc3c2c1. The molecule has 0 aliphatic carbocycles. The smallest absolute Gasteiger partial charge is 0.0991 e. The zero-order valence-corrected chi connectivity index (χ0v) is 24.4. The van der Waals surface area contributed by atoms with Crippen LogP contribution in [0.2, 0.25) is 0 Å². The van der Waals surface area contributed by atoms with Crippen LogP contribution in [0, 0.1) is 34.0 Å². The summed E-state index contributed by atoms with van der Waals surface area (Å²) in [6.07, 6.45) is 0. The van der Waals surface area contributed by atoms with Crippen molar-refractivity contribution in [3.05, 3.63) is 132 Å². The molecule has 5 nitrogen and oxygen atoms in total. The van der Waals surface area contributed by atoms with E-state index in [-0.39, 0.29) is 0 Å². The maximum atomic E-state index is 9.62. The van der Waals surface area contributed by atoms with E-state index in [0.29, 0.717) is 16.7 Å². The molecule has 3 aromatic heterocycles. The van der Waals surface area contributed by atoms with Gasteiger partial charge < -0.3 is 9.13 Å². The Labute approximate surface area is 260 Å². The average molecular weight is 590 g/mol. The largest absolute Gasteiger partial charge is 0.309 e. The molecule has 0 aliphatic heterocycles. The molecule has 0 saturated carbocycles. The van der Waals surface area contributed by atoms with Gasteiger partial charge in [0.05, 0.1) is 57.0 Å². The number of thiophene rings is 1. The highest BCUT2D eigenvalue weighted by Gasteiger charge is 2.18. The van der Waals surface area contributed by atoms with E-state index >= 15 is 0 Å². The van der Waals surface area contributed by atoms with Crippen LogP contribution in [0.15, 0.2) is 115 Å². The molecule has 0 spiro atoms. The van der Waals surface area contributed by atoms with Crippen molar-refractivity contribution in [3.63, 3.8) is 0 Å². The van der Waals surface area contributed by atoms with E-state index in [4.69, 9.17) is 0 Å². The fourth-order valence-electron chi connectivity index (χ4n) is 6.80. The number of para-hydroxylation sites is 1. The third-order valence-electron chi connectivity index (χ3n) is 8.76. The first-order chi connectivity index (χ1) is 22.1. The predicted molar refractivity (Wildman–Crippen MR) is 182 cm³/mol. The van der Waals surface area contributed by atoms with E-state index in [1.54, 1.807) is 11.3 Å². The molecule has 6 heteroatoms. The van der Waals surface area contributed by atoms with Gasteiger partial charge >= 0.3 is 0 Å². The fraction of sp³-hybridized carbons (Fsp3) is 0. The van der Waals surface area contributed by atoms with Gasteiger partial charge in [-0.15, -0.1) is 11.3 Å². The molecule has 0 bridgehead atoms. The maximum Gasteiger partial charge on any atom is 0.0991 e. The van der Waals surface area contributed by atoms with Gasteiger partial charge in [-0.3, -0.25) is 0 Å². The van der Waals surface area contributed by atoms with E-state index in [1.807, 2.05) is 54.6 Å². The van der Waals surface area contributed by atoms with Crippen LogP contribution < -0.4 is 0 Å². The number of nitriles is 3. The number of hydrogen-bond donors (Lipinski definition) is 0. The standard InChI is InChI=1S/C39H19N5S/c40-20-23-8-11-35-29(14-23)30-15-24(21-41)9-12-36(30)43(35)26-4-3-5-27(17-26)44-34-7-2-1-6-28(34)31-19-39-33(18-37(31)44)32-16-25(22-42)10-13-38(32)45-39/h1-19H. The van der Waals surface area contributed by atoms with Gasteiger partial charge in [0, 0.05) is 53.1 Å². The predicted octanol–water partition coefficient (Wildman–Crippen LogP) is 9.86. The van der Waals surface area contributed by atoms with Crippen LogP contribution in [0.3, 0.4) is 0 Å². The first kappa shape index (κ1) is 25.1. The summed E-state index contributed by atoms with van der Waals surface area (Å²) in [4.78, 5) is 0. The lowest BCUT2D eigenvalue weighted by atomic mass is 10.1. The molecule has 0 unspecified atom stereocenters. The summed E-state index contributed by atoms with van der Waals surface area (Å²) in [6, 6.07) is 45.8. The summed E-state index contributed by atoms with van der Waals surface area (Å²) in [6.45, 7) is 0. The highest BCUT2D eigenvalue weighted by molar-refractivity contribution is 7.25. The van der Waals surface area contributed by atoms with E-state index in [0.717, 1.165) is 55.0 Å². The Morgan fingerprint density at radius 1 is 0.400 bits per heavy atom. The number of rotatable bonds is 2. The highest BCUT2D eigenvalue weighted by atomic mass is 32.1. The summed E-state index contributed by atoms with van der Waals surface area (Å²) >= 11 is 1.76. The quantitative estimate of drug-likeness (QED) is 0.201. The Bertz CT molecular complexity index is 2790. The number of hydrogen-bond acceptors (Lipinski definition) is 4. The van der Waals surface area contributed by atoms with E-state index in [2.05, 4.69) is 88.0 Å². The van der Waals surface area contributed by atoms with Crippen LogP contribution >= 0.6 is 11.3 Å². The summed E-state index contributed by atoms with van der Waals surface area (Å²) in [7, 11) is 0. The Morgan fingerprint density at radius 2 is 0.933 bits per heavy atom. The van der Waals surface area contributed by atoms with Gasteiger partial charge in [-0.25, -0.2) is 0 Å². The minimum atomic E-state index is 0.581. The molecule has 0 fully saturated rings. The van der Waals surface area contributed by atoms with Gasteiger partial charge in [-0.05, 0) is 91.0 Å². The summed E-state index contributed by atoms with van der Waals surface area (Å²) < 4.78 is 6.89. The lowest BCUT2D eigenvalue weighted by molar-refractivity contribution is 1.13. The number of nitrogens with zero attached hydrogens (tertiary/aromatic N) is 5. The fourth-order valence-corrected chi connectivity index (χ4v) is 7.91. The lowest BCUT2D eigenvalue weighted by Crippen LogP contribution is -1.98. The second-order valence-corrected chi connectivity index (χ2v) is 12.3. The van der Waals surface area contributed by atoms with Crippen LogP contribution in [-0.4, -0.2) is 9.13 Å². The molecule has 45 heavy (non-hydrogen) atoms. The van der Waals surface area contributed by atoms with Crippen molar-refractivity contribution >= 4 is 75.1 Å².